The molecule has 1 fully saturated rings. The van der Waals surface area contributed by atoms with Crippen LogP contribution in [0.4, 0.5) is 16.2 Å². The quantitative estimate of drug-likeness (QED) is 0.240. The maximum Gasteiger partial charge on any atom is 0.335 e. The van der Waals surface area contributed by atoms with E-state index < -0.39 is 17.8 Å². The molecule has 1 saturated heterocycles. The van der Waals surface area contributed by atoms with E-state index in [1.165, 1.54) is 12.1 Å². The first-order chi connectivity index (χ1) is 20.2. The highest BCUT2D eigenvalue weighted by atomic mass is 16.5. The summed E-state index contributed by atoms with van der Waals surface area (Å²) in [6, 6.07) is 16.0. The number of carbonyl (C=O) groups is 4. The van der Waals surface area contributed by atoms with Crippen LogP contribution in [0.1, 0.15) is 37.0 Å². The second-order valence-electron chi connectivity index (χ2n) is 9.58. The largest absolute Gasteiger partial charge is 0.490 e. The molecule has 0 unspecified atom stereocenters. The summed E-state index contributed by atoms with van der Waals surface area (Å²) in [5.74, 6) is -0.743. The molecule has 3 aromatic carbocycles. The minimum absolute atomic E-state index is 0.218. The third-order valence-electron chi connectivity index (χ3n) is 6.38. The first-order valence-corrected chi connectivity index (χ1v) is 13.6. The molecule has 10 heteroatoms. The van der Waals surface area contributed by atoms with Crippen molar-refractivity contribution in [3.63, 3.8) is 0 Å². The molecule has 0 aliphatic carbocycles. The number of carbonyl (C=O) groups excluding carboxylic acids is 4. The van der Waals surface area contributed by atoms with Crippen LogP contribution in [-0.4, -0.2) is 43.6 Å². The Hall–Kier alpha value is -5.12. The van der Waals surface area contributed by atoms with E-state index in [9.17, 15) is 19.2 Å². The Morgan fingerprint density at radius 1 is 0.905 bits per heavy atom. The van der Waals surface area contributed by atoms with Crippen LogP contribution in [0.15, 0.2) is 66.2 Å². The summed E-state index contributed by atoms with van der Waals surface area (Å²) in [7, 11) is 0. The summed E-state index contributed by atoms with van der Waals surface area (Å²) in [6.45, 7) is 8.32. The highest BCUT2D eigenvalue weighted by molar-refractivity contribution is 6.39. The molecular formula is C32H33N3O7. The highest BCUT2D eigenvalue weighted by Gasteiger charge is 2.37. The predicted molar refractivity (Wildman–Crippen MR) is 159 cm³/mol. The van der Waals surface area contributed by atoms with Gasteiger partial charge in [0.05, 0.1) is 18.9 Å². The Bertz CT molecular complexity index is 1550. The average molecular weight is 572 g/mol. The minimum atomic E-state index is -0.876. The topological polar surface area (TPSA) is 123 Å². The molecule has 0 atom stereocenters. The summed E-state index contributed by atoms with van der Waals surface area (Å²) >= 11 is 0. The molecule has 1 aliphatic heterocycles. The maximum absolute atomic E-state index is 13.4. The number of anilines is 2. The molecule has 0 spiro atoms. The van der Waals surface area contributed by atoms with Crippen LogP contribution in [-0.2, 0) is 14.4 Å². The van der Waals surface area contributed by atoms with E-state index in [0.29, 0.717) is 41.7 Å². The molecule has 0 aromatic heterocycles. The van der Waals surface area contributed by atoms with E-state index in [1.807, 2.05) is 45.9 Å². The Balaban J connectivity index is 1.50. The number of nitrogens with one attached hydrogen (secondary N) is 2. The lowest BCUT2D eigenvalue weighted by atomic mass is 10.1. The van der Waals surface area contributed by atoms with E-state index >= 15 is 0 Å². The Morgan fingerprint density at radius 3 is 2.45 bits per heavy atom. The molecule has 0 radical (unpaired) electrons. The molecule has 218 valence electrons. The number of hydrogen-bond donors (Lipinski definition) is 2. The number of rotatable bonds is 11. The molecule has 0 bridgehead atoms. The van der Waals surface area contributed by atoms with Crippen LogP contribution in [0.2, 0.25) is 0 Å². The van der Waals surface area contributed by atoms with Crippen molar-refractivity contribution in [3.05, 3.63) is 82.9 Å². The van der Waals surface area contributed by atoms with E-state index in [-0.39, 0.29) is 23.8 Å². The first-order valence-electron chi connectivity index (χ1n) is 13.6. The monoisotopic (exact) mass is 571 g/mol. The zero-order chi connectivity index (χ0) is 30.2. The molecule has 1 heterocycles. The van der Waals surface area contributed by atoms with Crippen molar-refractivity contribution in [2.45, 2.75) is 34.1 Å². The number of barbiturate groups is 1. The van der Waals surface area contributed by atoms with Crippen molar-refractivity contribution in [2.24, 2.45) is 0 Å². The van der Waals surface area contributed by atoms with Gasteiger partial charge < -0.3 is 19.5 Å². The second kappa shape index (κ2) is 13.5. The second-order valence-corrected chi connectivity index (χ2v) is 9.58. The van der Waals surface area contributed by atoms with E-state index in [0.717, 1.165) is 22.4 Å². The van der Waals surface area contributed by atoms with Crippen molar-refractivity contribution >= 4 is 41.2 Å². The van der Waals surface area contributed by atoms with Crippen LogP contribution in [0, 0.1) is 13.8 Å². The molecule has 0 saturated carbocycles. The lowest BCUT2D eigenvalue weighted by Crippen LogP contribution is -2.54. The lowest BCUT2D eigenvalue weighted by Gasteiger charge is -2.27. The Morgan fingerprint density at radius 2 is 1.71 bits per heavy atom. The number of nitrogens with zero attached hydrogens (tertiary/aromatic N) is 1. The summed E-state index contributed by atoms with van der Waals surface area (Å²) in [5.41, 5.74) is 3.29. The van der Waals surface area contributed by atoms with Gasteiger partial charge in [0.25, 0.3) is 17.7 Å². The molecule has 5 amide bonds. The van der Waals surface area contributed by atoms with Crippen LogP contribution in [0.25, 0.3) is 6.08 Å². The van der Waals surface area contributed by atoms with Gasteiger partial charge in [-0.25, -0.2) is 9.69 Å². The van der Waals surface area contributed by atoms with E-state index in [2.05, 4.69) is 10.6 Å². The van der Waals surface area contributed by atoms with Gasteiger partial charge in [-0.1, -0.05) is 25.1 Å². The van der Waals surface area contributed by atoms with Crippen molar-refractivity contribution in [2.75, 3.05) is 30.0 Å². The van der Waals surface area contributed by atoms with Gasteiger partial charge in [-0.3, -0.25) is 19.7 Å². The number of amides is 5. The standard InChI is InChI=1S/C32H33N3O7/c1-5-14-41-27-13-12-24(18-28(27)40-6-2)35-31(38)26(30(37)34-32(35)39)17-22-8-7-9-25(16-22)42-19-29(36)33-23-11-10-20(3)21(4)15-23/h7-13,15-18H,5-6,14,19H2,1-4H3,(H,33,36)(H,34,37,39)/b26-17+. The maximum atomic E-state index is 13.4. The van der Waals surface area contributed by atoms with E-state index in [1.54, 1.807) is 36.4 Å². The fraction of sp³-hybridized carbons (Fsp3) is 0.250. The number of hydrogen-bond acceptors (Lipinski definition) is 7. The van der Waals surface area contributed by atoms with Gasteiger partial charge in [-0.15, -0.1) is 0 Å². The third-order valence-corrected chi connectivity index (χ3v) is 6.38. The van der Waals surface area contributed by atoms with Crippen LogP contribution >= 0.6 is 0 Å². The Kier molecular flexibility index (Phi) is 9.59. The number of aryl methyl sites for hydroxylation is 2. The molecule has 1 aliphatic rings. The summed E-state index contributed by atoms with van der Waals surface area (Å²) in [4.78, 5) is 52.1. The predicted octanol–water partition coefficient (Wildman–Crippen LogP) is 5.17. The van der Waals surface area contributed by atoms with Gasteiger partial charge >= 0.3 is 6.03 Å². The summed E-state index contributed by atoms with van der Waals surface area (Å²) in [5, 5.41) is 5.01. The zero-order valence-corrected chi connectivity index (χ0v) is 24.0. The summed E-state index contributed by atoms with van der Waals surface area (Å²) < 4.78 is 17.0. The first kappa shape index (κ1) is 29.9. The van der Waals surface area contributed by atoms with Crippen molar-refractivity contribution in [1.82, 2.24) is 5.32 Å². The molecule has 3 aromatic rings. The van der Waals surface area contributed by atoms with Crippen molar-refractivity contribution in [1.29, 1.82) is 0 Å². The SMILES string of the molecule is CCCOc1ccc(N2C(=O)NC(=O)/C(=C\c3cccc(OCC(=O)Nc4ccc(C)c(C)c4)c3)C2=O)cc1OCC. The number of benzene rings is 3. The normalized spacial score (nSPS) is 14.0. The lowest BCUT2D eigenvalue weighted by molar-refractivity contribution is -0.122. The molecule has 42 heavy (non-hydrogen) atoms. The van der Waals surface area contributed by atoms with Crippen LogP contribution in [0.5, 0.6) is 17.2 Å². The van der Waals surface area contributed by atoms with Gasteiger partial charge in [-0.2, -0.15) is 0 Å². The number of ether oxygens (including phenoxy) is 3. The molecule has 4 rings (SSSR count). The van der Waals surface area contributed by atoms with Crippen LogP contribution < -0.4 is 29.7 Å². The Labute approximate surface area is 244 Å². The fourth-order valence-corrected chi connectivity index (χ4v) is 4.15. The number of urea groups is 1. The van der Waals surface area contributed by atoms with Gasteiger partial charge in [-0.05, 0) is 86.4 Å². The number of imide groups is 2. The van der Waals surface area contributed by atoms with Gasteiger partial charge in [0, 0.05) is 11.8 Å². The third kappa shape index (κ3) is 7.14. The summed E-state index contributed by atoms with van der Waals surface area (Å²) in [6.07, 6.45) is 2.16. The van der Waals surface area contributed by atoms with E-state index in [4.69, 9.17) is 14.2 Å². The molecular weight excluding hydrogens is 538 g/mol. The van der Waals surface area contributed by atoms with Crippen molar-refractivity contribution in [3.8, 4) is 17.2 Å². The average Bonchev–Trinajstić information content (AvgIpc) is 2.96. The highest BCUT2D eigenvalue weighted by Crippen LogP contribution is 2.34. The van der Waals surface area contributed by atoms with Gasteiger partial charge in [0.15, 0.2) is 18.1 Å². The fourth-order valence-electron chi connectivity index (χ4n) is 4.15. The van der Waals surface area contributed by atoms with Gasteiger partial charge in [0.2, 0.25) is 0 Å². The zero-order valence-electron chi connectivity index (χ0n) is 24.0. The van der Waals surface area contributed by atoms with Gasteiger partial charge in [0.1, 0.15) is 11.3 Å². The van der Waals surface area contributed by atoms with Crippen LogP contribution in [0.3, 0.4) is 0 Å². The smallest absolute Gasteiger partial charge is 0.335 e. The molecule has 2 N–H and O–H groups in total. The molecule has 10 nitrogen and oxygen atoms in total. The van der Waals surface area contributed by atoms with Crippen molar-refractivity contribution < 1.29 is 33.4 Å². The minimum Gasteiger partial charge on any atom is -0.490 e.